The maximum Gasteiger partial charge on any atom is 0.272 e. The first-order valence-corrected chi connectivity index (χ1v) is 10.7. The SMILES string of the molecule is Cc1cc(C)cc(NC(=O)c2cc(S(=O)(=O)N3CCCCC3)c(C)n2C)c1. The molecular weight excluding hydrogens is 362 g/mol. The minimum absolute atomic E-state index is 0.220. The molecule has 1 aliphatic rings. The van der Waals surface area contributed by atoms with E-state index in [9.17, 15) is 13.2 Å². The Balaban J connectivity index is 1.91. The van der Waals surface area contributed by atoms with Crippen molar-refractivity contribution in [2.45, 2.75) is 44.9 Å². The van der Waals surface area contributed by atoms with Gasteiger partial charge in [-0.25, -0.2) is 8.42 Å². The molecule has 0 aliphatic carbocycles. The zero-order chi connectivity index (χ0) is 19.8. The molecular formula is C20H27N3O3S. The molecule has 6 nitrogen and oxygen atoms in total. The number of amides is 1. The number of benzene rings is 1. The number of rotatable bonds is 4. The standard InChI is InChI=1S/C20H27N3O3S/c1-14-10-15(2)12-17(11-14)21-20(24)18-13-19(16(3)22(18)4)27(25,26)23-8-6-5-7-9-23/h10-13H,5-9H2,1-4H3,(H,21,24). The second-order valence-corrected chi connectivity index (χ2v) is 9.24. The monoisotopic (exact) mass is 389 g/mol. The van der Waals surface area contributed by atoms with Gasteiger partial charge in [-0.3, -0.25) is 4.79 Å². The van der Waals surface area contributed by atoms with Crippen LogP contribution >= 0.6 is 0 Å². The lowest BCUT2D eigenvalue weighted by Gasteiger charge is -2.25. The summed E-state index contributed by atoms with van der Waals surface area (Å²) >= 11 is 0. The molecule has 1 N–H and O–H groups in total. The number of carbonyl (C=O) groups excluding carboxylic acids is 1. The van der Waals surface area contributed by atoms with Crippen molar-refractivity contribution in [3.05, 3.63) is 46.8 Å². The van der Waals surface area contributed by atoms with Crippen LogP contribution in [-0.4, -0.2) is 36.3 Å². The van der Waals surface area contributed by atoms with E-state index in [1.807, 2.05) is 32.0 Å². The smallest absolute Gasteiger partial charge is 0.272 e. The van der Waals surface area contributed by atoms with E-state index in [0.717, 1.165) is 30.4 Å². The Morgan fingerprint density at radius 1 is 0.963 bits per heavy atom. The van der Waals surface area contributed by atoms with Crippen LogP contribution < -0.4 is 5.32 Å². The summed E-state index contributed by atoms with van der Waals surface area (Å²) in [5.41, 5.74) is 3.73. The summed E-state index contributed by atoms with van der Waals surface area (Å²) in [4.78, 5) is 13.0. The third-order valence-electron chi connectivity index (χ3n) is 5.13. The van der Waals surface area contributed by atoms with Crippen LogP contribution in [0, 0.1) is 20.8 Å². The molecule has 1 aromatic heterocycles. The average molecular weight is 390 g/mol. The van der Waals surface area contributed by atoms with Gasteiger partial charge in [0.15, 0.2) is 0 Å². The number of nitrogens with zero attached hydrogens (tertiary/aromatic N) is 2. The molecule has 0 unspecified atom stereocenters. The van der Waals surface area contributed by atoms with Crippen LogP contribution in [0.15, 0.2) is 29.2 Å². The largest absolute Gasteiger partial charge is 0.343 e. The fourth-order valence-electron chi connectivity index (χ4n) is 3.64. The summed E-state index contributed by atoms with van der Waals surface area (Å²) in [6.45, 7) is 6.77. The van der Waals surface area contributed by atoms with Gasteiger partial charge in [-0.2, -0.15) is 4.31 Å². The number of hydrogen-bond acceptors (Lipinski definition) is 3. The van der Waals surface area contributed by atoms with Crippen molar-refractivity contribution in [1.82, 2.24) is 8.87 Å². The summed E-state index contributed by atoms with van der Waals surface area (Å²) in [6, 6.07) is 7.32. The quantitative estimate of drug-likeness (QED) is 0.871. The van der Waals surface area contributed by atoms with Crippen LogP contribution in [0.4, 0.5) is 5.69 Å². The van der Waals surface area contributed by atoms with Crippen molar-refractivity contribution in [3.63, 3.8) is 0 Å². The molecule has 1 fully saturated rings. The third-order valence-corrected chi connectivity index (χ3v) is 7.15. The lowest BCUT2D eigenvalue weighted by molar-refractivity contribution is 0.101. The number of sulfonamides is 1. The van der Waals surface area contributed by atoms with Crippen molar-refractivity contribution in [2.24, 2.45) is 7.05 Å². The Morgan fingerprint density at radius 2 is 1.56 bits per heavy atom. The van der Waals surface area contributed by atoms with E-state index in [1.54, 1.807) is 18.5 Å². The molecule has 1 amide bonds. The number of anilines is 1. The second-order valence-electron chi connectivity index (χ2n) is 7.33. The van der Waals surface area contributed by atoms with E-state index in [2.05, 4.69) is 5.32 Å². The van der Waals surface area contributed by atoms with E-state index in [-0.39, 0.29) is 10.8 Å². The van der Waals surface area contributed by atoms with E-state index in [1.165, 1.54) is 10.4 Å². The van der Waals surface area contributed by atoms with Gasteiger partial charge in [-0.1, -0.05) is 12.5 Å². The first-order chi connectivity index (χ1) is 12.7. The zero-order valence-corrected chi connectivity index (χ0v) is 17.2. The van der Waals surface area contributed by atoms with Crippen molar-refractivity contribution in [3.8, 4) is 0 Å². The van der Waals surface area contributed by atoms with Crippen molar-refractivity contribution in [1.29, 1.82) is 0 Å². The van der Waals surface area contributed by atoms with Gasteiger partial charge in [0.05, 0.1) is 0 Å². The lowest BCUT2D eigenvalue weighted by atomic mass is 10.1. The number of piperidine rings is 1. The first-order valence-electron chi connectivity index (χ1n) is 9.26. The highest BCUT2D eigenvalue weighted by Crippen LogP contribution is 2.26. The highest BCUT2D eigenvalue weighted by Gasteiger charge is 2.30. The van der Waals surface area contributed by atoms with Crippen LogP contribution in [0.1, 0.15) is 46.6 Å². The highest BCUT2D eigenvalue weighted by atomic mass is 32.2. The molecule has 7 heteroatoms. The van der Waals surface area contributed by atoms with Crippen molar-refractivity contribution < 1.29 is 13.2 Å². The molecule has 0 saturated carbocycles. The molecule has 1 saturated heterocycles. The van der Waals surface area contributed by atoms with Crippen LogP contribution in [0.2, 0.25) is 0 Å². The summed E-state index contributed by atoms with van der Waals surface area (Å²) in [5, 5.41) is 2.88. The topological polar surface area (TPSA) is 71.4 Å². The Bertz CT molecular complexity index is 950. The minimum Gasteiger partial charge on any atom is -0.343 e. The van der Waals surface area contributed by atoms with Crippen molar-refractivity contribution >= 4 is 21.6 Å². The minimum atomic E-state index is -3.58. The van der Waals surface area contributed by atoms with Gasteiger partial charge in [0.2, 0.25) is 10.0 Å². The molecule has 0 bridgehead atoms. The molecule has 146 valence electrons. The number of nitrogens with one attached hydrogen (secondary N) is 1. The molecule has 0 radical (unpaired) electrons. The maximum atomic E-state index is 13.0. The molecule has 1 aromatic carbocycles. The molecule has 27 heavy (non-hydrogen) atoms. The predicted octanol–water partition coefficient (Wildman–Crippen LogP) is 3.38. The van der Waals surface area contributed by atoms with E-state index >= 15 is 0 Å². The van der Waals surface area contributed by atoms with Gasteiger partial charge in [-0.15, -0.1) is 0 Å². The van der Waals surface area contributed by atoms with Gasteiger partial charge < -0.3 is 9.88 Å². The zero-order valence-electron chi connectivity index (χ0n) is 16.4. The fraction of sp³-hybridized carbons (Fsp3) is 0.450. The molecule has 0 atom stereocenters. The summed E-state index contributed by atoms with van der Waals surface area (Å²) in [5.74, 6) is -0.314. The second kappa shape index (κ2) is 7.48. The summed E-state index contributed by atoms with van der Waals surface area (Å²) in [6.07, 6.45) is 2.82. The summed E-state index contributed by atoms with van der Waals surface area (Å²) in [7, 11) is -1.86. The Morgan fingerprint density at radius 3 is 2.15 bits per heavy atom. The van der Waals surface area contributed by atoms with Crippen molar-refractivity contribution in [2.75, 3.05) is 18.4 Å². The number of aryl methyl sites for hydroxylation is 2. The Hall–Kier alpha value is -2.12. The maximum absolute atomic E-state index is 13.0. The summed E-state index contributed by atoms with van der Waals surface area (Å²) < 4.78 is 29.2. The predicted molar refractivity (Wildman–Crippen MR) is 107 cm³/mol. The molecule has 2 aromatic rings. The van der Waals surface area contributed by atoms with Crippen LogP contribution in [0.3, 0.4) is 0 Å². The normalized spacial score (nSPS) is 15.7. The third kappa shape index (κ3) is 3.94. The van der Waals surface area contributed by atoms with Gasteiger partial charge in [0.1, 0.15) is 10.6 Å². The van der Waals surface area contributed by atoms with Crippen LogP contribution in [0.5, 0.6) is 0 Å². The van der Waals surface area contributed by atoms with E-state index < -0.39 is 10.0 Å². The molecule has 1 aliphatic heterocycles. The first kappa shape index (κ1) is 19.6. The molecule has 2 heterocycles. The molecule has 3 rings (SSSR count). The van der Waals surface area contributed by atoms with Crippen LogP contribution in [0.25, 0.3) is 0 Å². The lowest BCUT2D eigenvalue weighted by Crippen LogP contribution is -2.35. The number of aromatic nitrogens is 1. The van der Waals surface area contributed by atoms with Gasteiger partial charge in [-0.05, 0) is 62.9 Å². The van der Waals surface area contributed by atoms with Gasteiger partial charge in [0, 0.05) is 31.5 Å². The fourth-order valence-corrected chi connectivity index (χ4v) is 5.42. The van der Waals surface area contributed by atoms with Crippen LogP contribution in [-0.2, 0) is 17.1 Å². The highest BCUT2D eigenvalue weighted by molar-refractivity contribution is 7.89. The van der Waals surface area contributed by atoms with Gasteiger partial charge in [0.25, 0.3) is 5.91 Å². The molecule has 0 spiro atoms. The Labute approximate surface area is 161 Å². The average Bonchev–Trinajstić information content (AvgIpc) is 2.91. The number of hydrogen-bond donors (Lipinski definition) is 1. The Kier molecular flexibility index (Phi) is 5.44. The van der Waals surface area contributed by atoms with E-state index in [4.69, 9.17) is 0 Å². The van der Waals surface area contributed by atoms with E-state index in [0.29, 0.717) is 30.2 Å². The number of carbonyl (C=O) groups is 1. The van der Waals surface area contributed by atoms with Gasteiger partial charge >= 0.3 is 0 Å².